The lowest BCUT2D eigenvalue weighted by atomic mass is 11.0. The Bertz CT molecular complexity index is 45.6. The van der Waals surface area contributed by atoms with E-state index in [9.17, 15) is 0 Å². The number of hydrogen-bond donors (Lipinski definition) is 0. The largest absolute Gasteiger partial charge is 0.0821 e. The van der Waals surface area contributed by atoms with Crippen molar-refractivity contribution in [1.29, 1.82) is 0 Å². The third-order valence-electron chi connectivity index (χ3n) is 0.178. The first-order valence-electron chi connectivity index (χ1n) is 1.17. The van der Waals surface area contributed by atoms with Gasteiger partial charge in [-0.25, -0.2) is 0 Å². The van der Waals surface area contributed by atoms with Crippen molar-refractivity contribution in [2.75, 3.05) is 0 Å². The normalized spacial score (nSPS) is 12.2. The first-order chi connectivity index (χ1) is 2.27. The molecule has 0 rings (SSSR count). The van der Waals surface area contributed by atoms with Crippen LogP contribution in [-0.4, -0.2) is 3.30 Å². The third kappa shape index (κ3) is 5.33. The van der Waals surface area contributed by atoms with Crippen LogP contribution < -0.4 is 0 Å². The Labute approximate surface area is 49.8 Å². The highest BCUT2D eigenvalue weighted by Gasteiger charge is 1.65. The zero-order valence-corrected chi connectivity index (χ0v) is 7.11. The molecule has 30 valence electrons. The lowest BCUT2D eigenvalue weighted by Gasteiger charge is -1.69. The molecule has 0 heterocycles. The quantitative estimate of drug-likeness (QED) is 0.432. The van der Waals surface area contributed by atoms with Crippen molar-refractivity contribution in [2.45, 2.75) is 6.92 Å². The fourth-order valence-corrected chi connectivity index (χ4v) is 0. The molecule has 5 heavy (non-hydrogen) atoms. The van der Waals surface area contributed by atoms with Crippen LogP contribution in [0.25, 0.3) is 0 Å². The summed E-state index contributed by atoms with van der Waals surface area (Å²) >= 11 is 2.29. The summed E-state index contributed by atoms with van der Waals surface area (Å²) in [6.45, 7) is 2.09. The smallest absolute Gasteiger partial charge is 0.0144 e. The molecular formula is C2H5IP2. The first kappa shape index (κ1) is 6.33. The topological polar surface area (TPSA) is 0 Å². The summed E-state index contributed by atoms with van der Waals surface area (Å²) in [5, 5.41) is 0. The molecular weight excluding hydrogens is 213 g/mol. The van der Waals surface area contributed by atoms with Gasteiger partial charge in [0, 0.05) is 3.30 Å². The minimum atomic E-state index is 1.32. The fraction of sp³-hybridized carbons (Fsp3) is 0.500. The zero-order chi connectivity index (χ0) is 4.28. The van der Waals surface area contributed by atoms with Gasteiger partial charge in [-0.05, 0) is 29.5 Å². The molecule has 0 aliphatic heterocycles. The van der Waals surface area contributed by atoms with Gasteiger partial charge in [0.15, 0.2) is 0 Å². The van der Waals surface area contributed by atoms with E-state index in [-0.39, 0.29) is 0 Å². The predicted molar refractivity (Wildman–Crippen MR) is 41.3 cm³/mol. The van der Waals surface area contributed by atoms with Crippen LogP contribution in [0.4, 0.5) is 0 Å². The number of halogens is 1. The minimum Gasteiger partial charge on any atom is -0.0821 e. The van der Waals surface area contributed by atoms with Crippen molar-refractivity contribution >= 4 is 42.7 Å². The molecule has 3 heteroatoms. The summed E-state index contributed by atoms with van der Waals surface area (Å²) in [7, 11) is 3.94. The van der Waals surface area contributed by atoms with Gasteiger partial charge in [0.25, 0.3) is 0 Å². The SMILES string of the molecule is CC(I)=PP. The molecule has 0 fully saturated rings. The molecule has 0 saturated heterocycles. The first-order valence-corrected chi connectivity index (χ1v) is 4.76. The van der Waals surface area contributed by atoms with Gasteiger partial charge in [-0.15, -0.1) is 0 Å². The molecule has 0 aliphatic rings. The van der Waals surface area contributed by atoms with Crippen LogP contribution >= 0.6 is 39.4 Å². The van der Waals surface area contributed by atoms with Crippen molar-refractivity contribution in [2.24, 2.45) is 0 Å². The highest BCUT2D eigenvalue weighted by Crippen LogP contribution is 2.12. The Morgan fingerprint density at radius 2 is 2.20 bits per heavy atom. The minimum absolute atomic E-state index is 1.32. The van der Waals surface area contributed by atoms with Crippen molar-refractivity contribution in [1.82, 2.24) is 0 Å². The van der Waals surface area contributed by atoms with Crippen molar-refractivity contribution in [3.63, 3.8) is 0 Å². The van der Waals surface area contributed by atoms with Crippen LogP contribution in [0.2, 0.25) is 0 Å². The Morgan fingerprint density at radius 1 is 2.00 bits per heavy atom. The van der Waals surface area contributed by atoms with Gasteiger partial charge in [-0.3, -0.25) is 0 Å². The second kappa shape index (κ2) is 3.52. The molecule has 0 bridgehead atoms. The lowest BCUT2D eigenvalue weighted by Crippen LogP contribution is -1.54. The monoisotopic (exact) mass is 218 g/mol. The van der Waals surface area contributed by atoms with Gasteiger partial charge in [0.05, 0.1) is 0 Å². The third-order valence-corrected chi connectivity index (χ3v) is 4.11. The van der Waals surface area contributed by atoms with Crippen LogP contribution in [0.5, 0.6) is 0 Å². The van der Waals surface area contributed by atoms with Gasteiger partial charge in [-0.2, -0.15) is 0 Å². The Hall–Kier alpha value is 1.33. The molecule has 1 unspecified atom stereocenters. The van der Waals surface area contributed by atoms with Gasteiger partial charge >= 0.3 is 0 Å². The van der Waals surface area contributed by atoms with Crippen LogP contribution in [0, 0.1) is 0 Å². The maximum atomic E-state index is 2.62. The van der Waals surface area contributed by atoms with Gasteiger partial charge in [-0.1, -0.05) is 16.8 Å². The van der Waals surface area contributed by atoms with Crippen LogP contribution in [0.1, 0.15) is 6.92 Å². The van der Waals surface area contributed by atoms with E-state index < -0.39 is 0 Å². The molecule has 0 aromatic rings. The highest BCUT2D eigenvalue weighted by atomic mass is 127. The van der Waals surface area contributed by atoms with E-state index in [0.717, 1.165) is 0 Å². The average Bonchev–Trinajstić information content (AvgIpc) is 1.38. The summed E-state index contributed by atoms with van der Waals surface area (Å²) in [6.07, 6.45) is 0. The van der Waals surface area contributed by atoms with E-state index in [4.69, 9.17) is 0 Å². The molecule has 0 N–H and O–H groups in total. The Balaban J connectivity index is 3.14. The predicted octanol–water partition coefficient (Wildman–Crippen LogP) is 2.31. The van der Waals surface area contributed by atoms with Gasteiger partial charge < -0.3 is 0 Å². The van der Waals surface area contributed by atoms with E-state index >= 15 is 0 Å². The van der Waals surface area contributed by atoms with Crippen molar-refractivity contribution < 1.29 is 0 Å². The molecule has 0 nitrogen and oxygen atoms in total. The number of hydrogen-bond acceptors (Lipinski definition) is 0. The highest BCUT2D eigenvalue weighted by molar-refractivity contribution is 14.1. The molecule has 0 aromatic heterocycles. The van der Waals surface area contributed by atoms with E-state index in [1.807, 2.05) is 0 Å². The fourth-order valence-electron chi connectivity index (χ4n) is 0. The van der Waals surface area contributed by atoms with Gasteiger partial charge in [0.2, 0.25) is 0 Å². The number of rotatable bonds is 0. The van der Waals surface area contributed by atoms with E-state index in [0.29, 0.717) is 0 Å². The summed E-state index contributed by atoms with van der Waals surface area (Å²) < 4.78 is 1.41. The van der Waals surface area contributed by atoms with Crippen molar-refractivity contribution in [3.05, 3.63) is 0 Å². The van der Waals surface area contributed by atoms with Gasteiger partial charge in [0.1, 0.15) is 0 Å². The molecule has 0 amide bonds. The van der Waals surface area contributed by atoms with Crippen LogP contribution in [-0.2, 0) is 0 Å². The standard InChI is InChI=1S/C2H5IP2/c1-2(3)5-4/h4H2,1H3. The average molecular weight is 218 g/mol. The maximum absolute atomic E-state index is 2.62. The van der Waals surface area contributed by atoms with Crippen LogP contribution in [0.3, 0.4) is 0 Å². The molecule has 0 aromatic carbocycles. The van der Waals surface area contributed by atoms with E-state index in [1.54, 1.807) is 0 Å². The summed E-state index contributed by atoms with van der Waals surface area (Å²) in [5.74, 6) is 0. The van der Waals surface area contributed by atoms with E-state index in [2.05, 4.69) is 38.4 Å². The Kier molecular flexibility index (Phi) is 4.45. The van der Waals surface area contributed by atoms with Crippen molar-refractivity contribution in [3.8, 4) is 0 Å². The maximum Gasteiger partial charge on any atom is 0.0144 e. The second-order valence-electron chi connectivity index (χ2n) is 0.626. The Morgan fingerprint density at radius 3 is 2.20 bits per heavy atom. The molecule has 0 spiro atoms. The molecule has 0 saturated carbocycles. The molecule has 0 aliphatic carbocycles. The van der Waals surface area contributed by atoms with Crippen LogP contribution in [0.15, 0.2) is 0 Å². The summed E-state index contributed by atoms with van der Waals surface area (Å²) in [5.41, 5.74) is 0. The van der Waals surface area contributed by atoms with E-state index in [1.165, 1.54) is 11.2 Å². The molecule has 1 atom stereocenters. The molecule has 0 radical (unpaired) electrons. The zero-order valence-electron chi connectivity index (χ0n) is 2.90. The second-order valence-corrected chi connectivity index (χ2v) is 4.80. The lowest BCUT2D eigenvalue weighted by molar-refractivity contribution is 2.13. The summed E-state index contributed by atoms with van der Waals surface area (Å²) in [6, 6.07) is 0. The summed E-state index contributed by atoms with van der Waals surface area (Å²) in [4.78, 5) is 0.